The summed E-state index contributed by atoms with van der Waals surface area (Å²) in [4.78, 5) is 2.15. The van der Waals surface area contributed by atoms with Crippen molar-refractivity contribution in [2.24, 2.45) is 0 Å². The number of hydrogen-bond donors (Lipinski definition) is 0. The number of allylic oxidation sites excluding steroid dienone is 1. The highest BCUT2D eigenvalue weighted by Crippen LogP contribution is 2.60. The molecule has 0 aromatic carbocycles. The average molecular weight is 268 g/mol. The van der Waals surface area contributed by atoms with Crippen molar-refractivity contribution in [3.63, 3.8) is 0 Å². The van der Waals surface area contributed by atoms with Crippen LogP contribution in [0.3, 0.4) is 0 Å². The summed E-state index contributed by atoms with van der Waals surface area (Å²) in [5.41, 5.74) is 0.843. The average Bonchev–Trinajstić information content (AvgIpc) is 2.20. The lowest BCUT2D eigenvalue weighted by molar-refractivity contribution is 0.398. The third kappa shape index (κ3) is 4.99. The van der Waals surface area contributed by atoms with Crippen LogP contribution >= 0.6 is 7.92 Å². The summed E-state index contributed by atoms with van der Waals surface area (Å²) >= 11 is 0. The second-order valence-corrected chi connectivity index (χ2v) is 10.2. The summed E-state index contributed by atoms with van der Waals surface area (Å²) in [6.07, 6.45) is 0. The zero-order valence-electron chi connectivity index (χ0n) is 13.3. The van der Waals surface area contributed by atoms with Gasteiger partial charge in [-0.2, -0.15) is 5.26 Å². The van der Waals surface area contributed by atoms with Crippen LogP contribution in [0, 0.1) is 11.3 Å². The molecule has 0 radical (unpaired) electrons. The Balaban J connectivity index is 5.47. The van der Waals surface area contributed by atoms with E-state index in [0.29, 0.717) is 0 Å². The second-order valence-electron chi connectivity index (χ2n) is 6.51. The van der Waals surface area contributed by atoms with Crippen LogP contribution < -0.4 is 0 Å². The normalized spacial score (nSPS) is 13.7. The molecule has 0 unspecified atom stereocenters. The minimum atomic E-state index is -0.358. The van der Waals surface area contributed by atoms with E-state index in [4.69, 9.17) is 0 Å². The van der Waals surface area contributed by atoms with E-state index in [-0.39, 0.29) is 18.2 Å². The van der Waals surface area contributed by atoms with Crippen molar-refractivity contribution in [2.45, 2.75) is 65.7 Å². The van der Waals surface area contributed by atoms with E-state index in [0.717, 1.165) is 18.8 Å². The summed E-state index contributed by atoms with van der Waals surface area (Å²) in [7, 11) is -0.358. The first-order chi connectivity index (χ1) is 8.07. The molecule has 0 aromatic heterocycles. The Morgan fingerprint density at radius 3 is 1.67 bits per heavy atom. The van der Waals surface area contributed by atoms with Gasteiger partial charge < -0.3 is 4.90 Å². The lowest BCUT2D eigenvalue weighted by atomic mass is 10.2. The molecular weight excluding hydrogens is 239 g/mol. The van der Waals surface area contributed by atoms with Crippen LogP contribution in [-0.2, 0) is 0 Å². The smallest absolute Gasteiger partial charge is 0.117 e. The first kappa shape index (κ1) is 17.5. The fraction of sp³-hybridized carbons (Fsp3) is 0.800. The molecular formula is C15H29N2P. The standard InChI is InChI=1S/C15H29N2P/c1-9-17(10-2)13(11-16)12-18(14(3,4)5)15(6,7)8/h12H,9-10H2,1-8H3/b13-12-. The van der Waals surface area contributed by atoms with Crippen molar-refractivity contribution < 1.29 is 0 Å². The van der Waals surface area contributed by atoms with Gasteiger partial charge in [0.05, 0.1) is 0 Å². The highest BCUT2D eigenvalue weighted by molar-refractivity contribution is 7.64. The summed E-state index contributed by atoms with van der Waals surface area (Å²) in [6, 6.07) is 2.38. The van der Waals surface area contributed by atoms with Crippen molar-refractivity contribution >= 4 is 7.92 Å². The Morgan fingerprint density at radius 1 is 1.06 bits per heavy atom. The van der Waals surface area contributed by atoms with Crippen LogP contribution in [0.25, 0.3) is 0 Å². The molecule has 0 aliphatic carbocycles. The van der Waals surface area contributed by atoms with Crippen LogP contribution in [0.15, 0.2) is 11.5 Å². The molecule has 0 fully saturated rings. The maximum absolute atomic E-state index is 9.39. The molecule has 0 amide bonds. The predicted octanol–water partition coefficient (Wildman–Crippen LogP) is 4.77. The molecule has 0 aliphatic heterocycles. The molecule has 2 nitrogen and oxygen atoms in total. The van der Waals surface area contributed by atoms with Crippen molar-refractivity contribution in [2.75, 3.05) is 13.1 Å². The molecule has 0 heterocycles. The maximum atomic E-state index is 9.39. The van der Waals surface area contributed by atoms with Crippen LogP contribution in [0.4, 0.5) is 0 Å². The highest BCUT2D eigenvalue weighted by atomic mass is 31.1. The zero-order valence-corrected chi connectivity index (χ0v) is 14.2. The Bertz CT molecular complexity index is 308. The molecule has 0 aliphatic rings. The molecule has 104 valence electrons. The Morgan fingerprint density at radius 2 is 1.44 bits per heavy atom. The zero-order chi connectivity index (χ0) is 14.6. The molecule has 0 rings (SSSR count). The predicted molar refractivity (Wildman–Crippen MR) is 83.0 cm³/mol. The maximum Gasteiger partial charge on any atom is 0.117 e. The van der Waals surface area contributed by atoms with E-state index < -0.39 is 0 Å². The van der Waals surface area contributed by atoms with Crippen molar-refractivity contribution in [1.82, 2.24) is 4.90 Å². The summed E-state index contributed by atoms with van der Waals surface area (Å²) in [5, 5.41) is 9.84. The molecule has 3 heteroatoms. The lowest BCUT2D eigenvalue weighted by Gasteiger charge is -2.40. The first-order valence-corrected chi connectivity index (χ1v) is 8.15. The largest absolute Gasteiger partial charge is 0.364 e. The summed E-state index contributed by atoms with van der Waals surface area (Å²) in [5.74, 6) is 2.24. The van der Waals surface area contributed by atoms with E-state index in [1.54, 1.807) is 0 Å². The molecule has 0 saturated carbocycles. The van der Waals surface area contributed by atoms with Gasteiger partial charge in [-0.25, -0.2) is 0 Å². The van der Waals surface area contributed by atoms with Crippen molar-refractivity contribution in [1.29, 1.82) is 5.26 Å². The first-order valence-electron chi connectivity index (χ1n) is 6.74. The van der Waals surface area contributed by atoms with Gasteiger partial charge in [-0.15, -0.1) is 0 Å². The van der Waals surface area contributed by atoms with Crippen LogP contribution in [-0.4, -0.2) is 28.3 Å². The highest BCUT2D eigenvalue weighted by Gasteiger charge is 2.33. The minimum absolute atomic E-state index is 0.225. The SMILES string of the molecule is CCN(CC)/C(C#N)=C\P(C(C)(C)C)C(C)(C)C. The fourth-order valence-corrected chi connectivity index (χ4v) is 5.51. The molecule has 0 atom stereocenters. The second kappa shape index (κ2) is 6.58. The minimum Gasteiger partial charge on any atom is -0.364 e. The Hall–Kier alpha value is -0.540. The van der Waals surface area contributed by atoms with E-state index >= 15 is 0 Å². The molecule has 0 N–H and O–H groups in total. The summed E-state index contributed by atoms with van der Waals surface area (Å²) < 4.78 is 0. The van der Waals surface area contributed by atoms with Gasteiger partial charge in [0, 0.05) is 13.1 Å². The van der Waals surface area contributed by atoms with Crippen LogP contribution in [0.1, 0.15) is 55.4 Å². The van der Waals surface area contributed by atoms with E-state index in [2.05, 4.69) is 72.2 Å². The van der Waals surface area contributed by atoms with Gasteiger partial charge in [-0.05, 0) is 30.0 Å². The number of hydrogen-bond acceptors (Lipinski definition) is 2. The van der Waals surface area contributed by atoms with E-state index in [1.165, 1.54) is 0 Å². The van der Waals surface area contributed by atoms with Gasteiger partial charge in [0.25, 0.3) is 0 Å². The van der Waals surface area contributed by atoms with Crippen molar-refractivity contribution in [3.8, 4) is 6.07 Å². The topological polar surface area (TPSA) is 27.0 Å². The molecule has 0 spiro atoms. The fourth-order valence-electron chi connectivity index (χ4n) is 2.26. The Kier molecular flexibility index (Phi) is 6.38. The third-order valence-electron chi connectivity index (χ3n) is 2.92. The lowest BCUT2D eigenvalue weighted by Crippen LogP contribution is -2.26. The van der Waals surface area contributed by atoms with Crippen LogP contribution in [0.5, 0.6) is 0 Å². The Labute approximate surface area is 115 Å². The van der Waals surface area contributed by atoms with Crippen LogP contribution in [0.2, 0.25) is 0 Å². The monoisotopic (exact) mass is 268 g/mol. The number of nitrogens with zero attached hydrogens (tertiary/aromatic N) is 2. The number of rotatable bonds is 4. The molecule has 0 aromatic rings. The van der Waals surface area contributed by atoms with Gasteiger partial charge >= 0.3 is 0 Å². The van der Waals surface area contributed by atoms with Gasteiger partial charge in [0.1, 0.15) is 11.8 Å². The van der Waals surface area contributed by atoms with Gasteiger partial charge in [0.15, 0.2) is 0 Å². The van der Waals surface area contributed by atoms with Crippen molar-refractivity contribution in [3.05, 3.63) is 11.5 Å². The van der Waals surface area contributed by atoms with Gasteiger partial charge in [-0.1, -0.05) is 49.5 Å². The van der Waals surface area contributed by atoms with Gasteiger partial charge in [-0.3, -0.25) is 0 Å². The van der Waals surface area contributed by atoms with E-state index in [1.807, 2.05) is 0 Å². The number of nitriles is 1. The molecule has 0 bridgehead atoms. The summed E-state index contributed by atoms with van der Waals surface area (Å²) in [6.45, 7) is 19.6. The molecule has 18 heavy (non-hydrogen) atoms. The van der Waals surface area contributed by atoms with Gasteiger partial charge in [0.2, 0.25) is 0 Å². The quantitative estimate of drug-likeness (QED) is 0.542. The third-order valence-corrected chi connectivity index (χ3v) is 6.31. The molecule has 0 saturated heterocycles. The van der Waals surface area contributed by atoms with E-state index in [9.17, 15) is 5.26 Å².